The number of aromatic nitrogens is 3. The van der Waals surface area contributed by atoms with E-state index in [0.29, 0.717) is 12.1 Å². The summed E-state index contributed by atoms with van der Waals surface area (Å²) in [5, 5.41) is 10.6. The third-order valence-electron chi connectivity index (χ3n) is 3.70. The summed E-state index contributed by atoms with van der Waals surface area (Å²) in [5.74, 6) is -0.109. The van der Waals surface area contributed by atoms with Gasteiger partial charge in [0.15, 0.2) is 0 Å². The van der Waals surface area contributed by atoms with E-state index in [1.54, 1.807) is 12.7 Å². The lowest BCUT2D eigenvalue weighted by Gasteiger charge is -2.11. The number of nitrogens with zero attached hydrogens (tertiary/aromatic N) is 4. The first kappa shape index (κ1) is 16.9. The smallest absolute Gasteiger partial charge is 0.255 e. The molecule has 0 fully saturated rings. The van der Waals surface area contributed by atoms with Gasteiger partial charge in [0, 0.05) is 17.8 Å². The topological polar surface area (TPSA) is 63.1 Å². The van der Waals surface area contributed by atoms with Crippen LogP contribution in [-0.2, 0) is 13.1 Å². The van der Waals surface area contributed by atoms with Crippen LogP contribution >= 0.6 is 0 Å². The zero-order valence-corrected chi connectivity index (χ0v) is 14.4. The van der Waals surface area contributed by atoms with E-state index in [9.17, 15) is 4.79 Å². The van der Waals surface area contributed by atoms with Gasteiger partial charge in [0.25, 0.3) is 5.91 Å². The van der Waals surface area contributed by atoms with Crippen molar-refractivity contribution in [3.63, 3.8) is 0 Å². The van der Waals surface area contributed by atoms with Crippen molar-refractivity contribution in [2.45, 2.75) is 13.1 Å². The van der Waals surface area contributed by atoms with E-state index in [-0.39, 0.29) is 5.91 Å². The first-order chi connectivity index (χ1) is 12.1. The average Bonchev–Trinajstić information content (AvgIpc) is 3.08. The van der Waals surface area contributed by atoms with Crippen LogP contribution in [0.4, 0.5) is 5.69 Å². The largest absolute Gasteiger partial charge is 0.322 e. The highest BCUT2D eigenvalue weighted by Gasteiger charge is 2.08. The van der Waals surface area contributed by atoms with Crippen molar-refractivity contribution in [3.05, 3.63) is 77.9 Å². The molecule has 2 aromatic carbocycles. The molecule has 1 aromatic heterocycles. The first-order valence-electron chi connectivity index (χ1n) is 8.06. The Morgan fingerprint density at radius 1 is 1.04 bits per heavy atom. The molecule has 6 heteroatoms. The van der Waals surface area contributed by atoms with Gasteiger partial charge in [-0.15, -0.1) is 10.2 Å². The highest BCUT2D eigenvalue weighted by atomic mass is 16.1. The Labute approximate surface area is 147 Å². The summed E-state index contributed by atoms with van der Waals surface area (Å²) in [6, 6.07) is 15.5. The number of nitrogens with one attached hydrogen (secondary N) is 1. The number of rotatable bonds is 6. The van der Waals surface area contributed by atoms with Crippen LogP contribution < -0.4 is 5.32 Å². The van der Waals surface area contributed by atoms with E-state index >= 15 is 0 Å². The van der Waals surface area contributed by atoms with Crippen molar-refractivity contribution in [1.82, 2.24) is 19.7 Å². The molecule has 3 aromatic rings. The molecule has 0 saturated heterocycles. The summed E-state index contributed by atoms with van der Waals surface area (Å²) in [6.07, 6.45) is 3.34. The van der Waals surface area contributed by atoms with Gasteiger partial charge in [-0.05, 0) is 49.5 Å². The fraction of sp³-hybridized carbons (Fsp3) is 0.211. The second-order valence-electron chi connectivity index (χ2n) is 6.23. The van der Waals surface area contributed by atoms with Crippen molar-refractivity contribution in [2.75, 3.05) is 19.4 Å². The third kappa shape index (κ3) is 4.74. The molecule has 0 radical (unpaired) electrons. The maximum absolute atomic E-state index is 12.5. The van der Waals surface area contributed by atoms with Crippen molar-refractivity contribution >= 4 is 11.6 Å². The van der Waals surface area contributed by atoms with Crippen LogP contribution in [0.25, 0.3) is 0 Å². The van der Waals surface area contributed by atoms with Crippen LogP contribution in [0.2, 0.25) is 0 Å². The molecule has 1 heterocycles. The SMILES string of the molecule is CN(C)Cc1cccc(C(=O)Nc2cccc(Cn3cnnc3)c2)c1. The molecule has 0 aliphatic rings. The minimum absolute atomic E-state index is 0.109. The van der Waals surface area contributed by atoms with Gasteiger partial charge in [-0.3, -0.25) is 4.79 Å². The molecule has 0 unspecified atom stereocenters. The maximum Gasteiger partial charge on any atom is 0.255 e. The molecule has 0 bridgehead atoms. The summed E-state index contributed by atoms with van der Waals surface area (Å²) < 4.78 is 1.88. The summed E-state index contributed by atoms with van der Waals surface area (Å²) in [4.78, 5) is 14.6. The van der Waals surface area contributed by atoms with E-state index in [2.05, 4.69) is 20.4 Å². The maximum atomic E-state index is 12.5. The van der Waals surface area contributed by atoms with Crippen LogP contribution in [-0.4, -0.2) is 39.7 Å². The summed E-state index contributed by atoms with van der Waals surface area (Å²) in [5.41, 5.74) is 3.61. The van der Waals surface area contributed by atoms with E-state index in [0.717, 1.165) is 23.4 Å². The van der Waals surface area contributed by atoms with Gasteiger partial charge < -0.3 is 14.8 Å². The lowest BCUT2D eigenvalue weighted by atomic mass is 10.1. The first-order valence-corrected chi connectivity index (χ1v) is 8.06. The van der Waals surface area contributed by atoms with Gasteiger partial charge in [-0.25, -0.2) is 0 Å². The van der Waals surface area contributed by atoms with E-state index in [1.165, 1.54) is 0 Å². The van der Waals surface area contributed by atoms with Crippen LogP contribution in [0.15, 0.2) is 61.2 Å². The van der Waals surface area contributed by atoms with Gasteiger partial charge in [0.2, 0.25) is 0 Å². The molecule has 0 saturated carbocycles. The van der Waals surface area contributed by atoms with Gasteiger partial charge in [-0.1, -0.05) is 24.3 Å². The number of anilines is 1. The monoisotopic (exact) mass is 335 g/mol. The highest BCUT2D eigenvalue weighted by Crippen LogP contribution is 2.14. The Morgan fingerprint density at radius 2 is 1.76 bits per heavy atom. The van der Waals surface area contributed by atoms with Crippen LogP contribution in [0.5, 0.6) is 0 Å². The quantitative estimate of drug-likeness (QED) is 0.752. The molecule has 6 nitrogen and oxygen atoms in total. The van der Waals surface area contributed by atoms with E-state index < -0.39 is 0 Å². The fourth-order valence-corrected chi connectivity index (χ4v) is 2.64. The normalized spacial score (nSPS) is 10.8. The Morgan fingerprint density at radius 3 is 2.52 bits per heavy atom. The number of amides is 1. The third-order valence-corrected chi connectivity index (χ3v) is 3.70. The standard InChI is InChI=1S/C19H21N5O/c1-23(2)11-15-5-3-7-17(9-15)19(25)22-18-8-4-6-16(10-18)12-24-13-20-21-14-24/h3-10,13-14H,11-12H2,1-2H3,(H,22,25). The Hall–Kier alpha value is -2.99. The number of carbonyl (C=O) groups is 1. The number of carbonyl (C=O) groups excluding carboxylic acids is 1. The molecule has 128 valence electrons. The number of hydrogen-bond acceptors (Lipinski definition) is 4. The van der Waals surface area contributed by atoms with E-state index in [1.807, 2.05) is 67.2 Å². The number of hydrogen-bond donors (Lipinski definition) is 1. The van der Waals surface area contributed by atoms with Crippen molar-refractivity contribution in [2.24, 2.45) is 0 Å². The second-order valence-corrected chi connectivity index (χ2v) is 6.23. The van der Waals surface area contributed by atoms with E-state index in [4.69, 9.17) is 0 Å². The Balaban J connectivity index is 1.70. The predicted octanol–water partition coefficient (Wildman–Crippen LogP) is 2.64. The Kier molecular flexibility index (Phi) is 5.20. The van der Waals surface area contributed by atoms with Crippen molar-refractivity contribution in [1.29, 1.82) is 0 Å². The molecule has 1 amide bonds. The van der Waals surface area contributed by atoms with Gasteiger partial charge >= 0.3 is 0 Å². The second kappa shape index (κ2) is 7.72. The van der Waals surface area contributed by atoms with Gasteiger partial charge in [0.1, 0.15) is 12.7 Å². The minimum Gasteiger partial charge on any atom is -0.322 e. The molecule has 3 rings (SSSR count). The van der Waals surface area contributed by atoms with Gasteiger partial charge in [-0.2, -0.15) is 0 Å². The fourth-order valence-electron chi connectivity index (χ4n) is 2.64. The zero-order chi connectivity index (χ0) is 17.6. The van der Waals surface area contributed by atoms with Crippen LogP contribution in [0, 0.1) is 0 Å². The number of benzene rings is 2. The lowest BCUT2D eigenvalue weighted by molar-refractivity contribution is 0.102. The Bertz CT molecular complexity index is 843. The van der Waals surface area contributed by atoms with Crippen LogP contribution in [0.3, 0.4) is 0 Å². The predicted molar refractivity (Wildman–Crippen MR) is 97.4 cm³/mol. The molecule has 25 heavy (non-hydrogen) atoms. The zero-order valence-electron chi connectivity index (χ0n) is 14.4. The molecule has 1 N–H and O–H groups in total. The molecule has 0 spiro atoms. The average molecular weight is 335 g/mol. The van der Waals surface area contributed by atoms with Crippen LogP contribution in [0.1, 0.15) is 21.5 Å². The minimum atomic E-state index is -0.109. The lowest BCUT2D eigenvalue weighted by Crippen LogP contribution is -2.14. The summed E-state index contributed by atoms with van der Waals surface area (Å²) in [6.45, 7) is 1.46. The molecular weight excluding hydrogens is 314 g/mol. The molecule has 0 aliphatic carbocycles. The van der Waals surface area contributed by atoms with Crippen molar-refractivity contribution < 1.29 is 4.79 Å². The molecular formula is C19H21N5O. The van der Waals surface area contributed by atoms with Crippen molar-refractivity contribution in [3.8, 4) is 0 Å². The molecule has 0 atom stereocenters. The summed E-state index contributed by atoms with van der Waals surface area (Å²) in [7, 11) is 4.02. The highest BCUT2D eigenvalue weighted by molar-refractivity contribution is 6.04. The summed E-state index contributed by atoms with van der Waals surface area (Å²) >= 11 is 0. The van der Waals surface area contributed by atoms with Gasteiger partial charge in [0.05, 0.1) is 6.54 Å². The molecule has 0 aliphatic heterocycles.